The first-order valence-corrected chi connectivity index (χ1v) is 27.5. The third-order valence-electron chi connectivity index (χ3n) is 12.3. The maximum Gasteiger partial charge on any atom is 0.261 e. The van der Waals surface area contributed by atoms with Crippen LogP contribution in [0.1, 0.15) is 72.6 Å². The zero-order valence-electron chi connectivity index (χ0n) is 40.1. The van der Waals surface area contributed by atoms with Gasteiger partial charge in [0.25, 0.3) is 16.6 Å². The van der Waals surface area contributed by atoms with Crippen molar-refractivity contribution in [2.45, 2.75) is 104 Å². The second-order valence-corrected chi connectivity index (χ2v) is 28.8. The Labute approximate surface area is 405 Å². The van der Waals surface area contributed by atoms with Crippen LogP contribution in [-0.2, 0) is 22.9 Å². The van der Waals surface area contributed by atoms with Crippen LogP contribution < -0.4 is 31.4 Å². The van der Waals surface area contributed by atoms with Crippen LogP contribution in [0, 0.1) is 13.8 Å². The highest BCUT2D eigenvalue weighted by Crippen LogP contribution is 2.40. The van der Waals surface area contributed by atoms with E-state index in [9.17, 15) is 9.90 Å². The van der Waals surface area contributed by atoms with E-state index >= 15 is 0 Å². The number of ether oxygens (including phenoxy) is 1. The number of amides is 1. The smallest absolute Gasteiger partial charge is 0.261 e. The lowest BCUT2D eigenvalue weighted by atomic mass is 10.1. The average molecular weight is 954 g/mol. The quantitative estimate of drug-likeness (QED) is 0.0789. The van der Waals surface area contributed by atoms with Gasteiger partial charge in [0, 0.05) is 26.7 Å². The molecule has 1 unspecified atom stereocenters. The van der Waals surface area contributed by atoms with Gasteiger partial charge in [-0.3, -0.25) is 4.79 Å². The van der Waals surface area contributed by atoms with E-state index in [4.69, 9.17) is 18.1 Å². The number of rotatable bonds is 15. The summed E-state index contributed by atoms with van der Waals surface area (Å²) in [5.74, 6) is -0.0937. The molecule has 7 rings (SSSR count). The molecular formula is C57H72NO6PSi2. The van der Waals surface area contributed by atoms with Crippen molar-refractivity contribution in [1.29, 1.82) is 0 Å². The number of hydrogen-bond donors (Lipinski definition) is 2. The molecule has 67 heavy (non-hydrogen) atoms. The molecule has 1 amide bonds. The van der Waals surface area contributed by atoms with Crippen molar-refractivity contribution >= 4 is 63.1 Å². The second-order valence-electron chi connectivity index (χ2n) is 19.2. The molecule has 1 aliphatic heterocycles. The average Bonchev–Trinajstić information content (AvgIpc) is 3.60. The molecule has 1 heterocycles. The van der Waals surface area contributed by atoms with Gasteiger partial charge in [-0.15, -0.1) is 0 Å². The summed E-state index contributed by atoms with van der Waals surface area (Å²) in [7, 11) is -5.74. The molecule has 2 N–H and O–H groups in total. The third kappa shape index (κ3) is 12.5. The highest BCUT2D eigenvalue weighted by Gasteiger charge is 2.54. The van der Waals surface area contributed by atoms with Gasteiger partial charge in [0.2, 0.25) is 5.91 Å². The number of hydrogen-bond acceptors (Lipinski definition) is 6. The number of benzene rings is 6. The summed E-state index contributed by atoms with van der Waals surface area (Å²) in [4.78, 5) is 10.7. The predicted octanol–water partition coefficient (Wildman–Crippen LogP) is 9.62. The van der Waals surface area contributed by atoms with Crippen LogP contribution in [0.5, 0.6) is 0 Å². The lowest BCUT2D eigenvalue weighted by Crippen LogP contribution is -2.67. The van der Waals surface area contributed by atoms with Crippen molar-refractivity contribution in [3.63, 3.8) is 0 Å². The molecule has 0 radical (unpaired) electrons. The van der Waals surface area contributed by atoms with Gasteiger partial charge in [-0.2, -0.15) is 0 Å². The van der Waals surface area contributed by atoms with E-state index in [-0.39, 0.29) is 45.4 Å². The lowest BCUT2D eigenvalue weighted by Gasteiger charge is -2.44. The minimum Gasteiger partial charge on any atom is -0.405 e. The number of carbonyl (C=O) groups excluding carboxylic acids is 1. The number of aliphatic hydroxyl groups excluding tert-OH is 1. The first-order valence-electron chi connectivity index (χ1n) is 22.8. The number of nitrogens with one attached hydrogen (secondary N) is 1. The molecule has 10 heteroatoms. The first kappa shape index (κ1) is 53.2. The summed E-state index contributed by atoms with van der Waals surface area (Å²) in [6.07, 6.45) is -2.68. The summed E-state index contributed by atoms with van der Waals surface area (Å²) in [5.41, 5.74) is 3.96. The number of aliphatic hydroxyl groups is 1. The van der Waals surface area contributed by atoms with Crippen LogP contribution in [0.2, 0.25) is 10.1 Å². The van der Waals surface area contributed by atoms with Gasteiger partial charge in [0.05, 0.1) is 13.2 Å². The molecule has 6 aromatic rings. The molecule has 6 aromatic carbocycles. The van der Waals surface area contributed by atoms with Gasteiger partial charge in [0.1, 0.15) is 24.4 Å². The Balaban J connectivity index is 0.000000563. The fourth-order valence-corrected chi connectivity index (χ4v) is 19.2. The number of carbonyl (C=O) groups is 1. The predicted molar refractivity (Wildman–Crippen MR) is 287 cm³/mol. The zero-order valence-corrected chi connectivity index (χ0v) is 43.1. The van der Waals surface area contributed by atoms with E-state index < -0.39 is 41.1 Å². The van der Waals surface area contributed by atoms with Crippen LogP contribution in [0.4, 0.5) is 0 Å². The van der Waals surface area contributed by atoms with Gasteiger partial charge in [0.15, 0.2) is 0 Å². The molecule has 0 spiro atoms. The monoisotopic (exact) mass is 953 g/mol. The van der Waals surface area contributed by atoms with E-state index in [0.29, 0.717) is 5.70 Å². The van der Waals surface area contributed by atoms with E-state index in [2.05, 4.69) is 207 Å². The van der Waals surface area contributed by atoms with E-state index in [1.54, 1.807) is 0 Å². The summed E-state index contributed by atoms with van der Waals surface area (Å²) >= 11 is 0. The molecule has 0 bridgehead atoms. The van der Waals surface area contributed by atoms with Crippen LogP contribution in [0.15, 0.2) is 176 Å². The molecule has 0 aliphatic carbocycles. The maximum atomic E-state index is 12.2. The molecule has 0 aromatic heterocycles. The van der Waals surface area contributed by atoms with Gasteiger partial charge in [-0.05, 0) is 55.8 Å². The second kappa shape index (κ2) is 23.5. The minimum atomic E-state index is -2.89. The third-order valence-corrected chi connectivity index (χ3v) is 23.5. The normalized spacial score (nSPS) is 17.6. The minimum absolute atomic E-state index is 0. The van der Waals surface area contributed by atoms with Crippen molar-refractivity contribution in [2.24, 2.45) is 0 Å². The summed E-state index contributed by atoms with van der Waals surface area (Å²) < 4.78 is 28.4. The fourth-order valence-electron chi connectivity index (χ4n) is 9.15. The number of aryl methyl sites for hydroxylation is 2. The highest BCUT2D eigenvalue weighted by atomic mass is 31.1. The molecular weight excluding hydrogens is 882 g/mol. The van der Waals surface area contributed by atoms with Crippen molar-refractivity contribution in [2.75, 3.05) is 13.2 Å². The zero-order chi connectivity index (χ0) is 47.5. The Kier molecular flexibility index (Phi) is 18.6. The maximum absolute atomic E-state index is 12.2. The Bertz CT molecular complexity index is 2380. The van der Waals surface area contributed by atoms with Crippen molar-refractivity contribution in [3.8, 4) is 0 Å². The van der Waals surface area contributed by atoms with Crippen LogP contribution in [0.25, 0.3) is 5.70 Å². The Morgan fingerprint density at radius 1 is 0.642 bits per heavy atom. The van der Waals surface area contributed by atoms with Crippen molar-refractivity contribution < 1.29 is 28.0 Å². The SMILES string of the molecule is C.C=C(NC(C)=O)c1ccccc1.Cc1ccc(PO[C@H]2[C@H](O)[C@@H](CO[Si](c3ccccc3)(c3ccccc3)C(C)(C)C)O[C@@H]2CO[Si](c2ccccc2)(c2ccccc2)C(C)(C)C)c(C)c1. The Hall–Kier alpha value is -4.81. The van der Waals surface area contributed by atoms with Crippen LogP contribution in [0.3, 0.4) is 0 Å². The van der Waals surface area contributed by atoms with Gasteiger partial charge >= 0.3 is 0 Å². The molecule has 1 fully saturated rings. The summed E-state index contributed by atoms with van der Waals surface area (Å²) in [6, 6.07) is 58.5. The van der Waals surface area contributed by atoms with Crippen molar-refractivity contribution in [3.05, 3.63) is 193 Å². The van der Waals surface area contributed by atoms with Crippen LogP contribution >= 0.6 is 8.81 Å². The van der Waals surface area contributed by atoms with Gasteiger partial charge in [-0.1, -0.05) is 231 Å². The standard InChI is InChI=1S/C46H57O5PSi2.C10H11NO.CH4/c1-34-29-30-42(35(2)31-34)52-51-44-41(33-49-54(46(6,7)8,38-25-17-11-18-26-38)39-27-19-12-20-28-39)50-40(43(44)47)32-48-53(45(3,4)5,36-21-13-9-14-22-36)37-23-15-10-16-24-37;1-8(11-9(2)12)10-6-4-3-5-7-10;/h9-31,40-41,43-44,47,52H,32-33H2,1-8H3;3-7H,1H2,2H3,(H,11,12);1H4/t40-,41-,43-,44-;;/m1../s1. The largest absolute Gasteiger partial charge is 0.405 e. The molecule has 1 saturated heterocycles. The Morgan fingerprint density at radius 3 is 1.40 bits per heavy atom. The summed E-state index contributed by atoms with van der Waals surface area (Å²) in [5, 5.41) is 20.3. The molecule has 0 saturated carbocycles. The first-order chi connectivity index (χ1) is 31.5. The van der Waals surface area contributed by atoms with Gasteiger partial charge in [-0.25, -0.2) is 0 Å². The molecule has 1 aliphatic rings. The molecule has 5 atom stereocenters. The van der Waals surface area contributed by atoms with Gasteiger partial charge < -0.3 is 28.5 Å². The van der Waals surface area contributed by atoms with E-state index in [1.165, 1.54) is 38.8 Å². The fraction of sp³-hybridized carbons (Fsp3) is 0.316. The lowest BCUT2D eigenvalue weighted by molar-refractivity contribution is -0.117. The van der Waals surface area contributed by atoms with E-state index in [0.717, 1.165) is 10.9 Å². The van der Waals surface area contributed by atoms with Crippen molar-refractivity contribution in [1.82, 2.24) is 5.32 Å². The van der Waals surface area contributed by atoms with Crippen LogP contribution in [-0.4, -0.2) is 65.3 Å². The molecule has 354 valence electrons. The summed E-state index contributed by atoms with van der Waals surface area (Å²) in [6.45, 7) is 23.5. The topological polar surface area (TPSA) is 86.3 Å². The highest BCUT2D eigenvalue weighted by molar-refractivity contribution is 7.42. The molecule has 7 nitrogen and oxygen atoms in total. The van der Waals surface area contributed by atoms with E-state index in [1.807, 2.05) is 30.3 Å². The Morgan fingerprint density at radius 2 is 1.03 bits per heavy atom.